The Morgan fingerprint density at radius 1 is 1.17 bits per heavy atom. The van der Waals surface area contributed by atoms with E-state index in [1.807, 2.05) is 0 Å². The van der Waals surface area contributed by atoms with E-state index in [2.05, 4.69) is 31.3 Å². The van der Waals surface area contributed by atoms with Gasteiger partial charge >= 0.3 is 12.3 Å². The Kier molecular flexibility index (Phi) is 7.62. The second kappa shape index (κ2) is 10.5. The van der Waals surface area contributed by atoms with Gasteiger partial charge in [0.1, 0.15) is 11.6 Å². The van der Waals surface area contributed by atoms with Crippen molar-refractivity contribution in [3.63, 3.8) is 0 Å². The van der Waals surface area contributed by atoms with Crippen LogP contribution in [0.15, 0.2) is 27.7 Å². The van der Waals surface area contributed by atoms with Gasteiger partial charge in [-0.25, -0.2) is 4.79 Å². The lowest BCUT2D eigenvalue weighted by Crippen LogP contribution is -2.48. The second-order valence-corrected chi connectivity index (χ2v) is 12.8. The van der Waals surface area contributed by atoms with Crippen LogP contribution in [0.3, 0.4) is 0 Å². The van der Waals surface area contributed by atoms with Crippen molar-refractivity contribution in [3.05, 3.63) is 55.1 Å². The number of carbonyl (C=O) groups excluding carboxylic acids is 2. The predicted molar refractivity (Wildman–Crippen MR) is 152 cm³/mol. The maximum Gasteiger partial charge on any atom is 0.416 e. The Balaban J connectivity index is 1.48. The average molecular weight is 674 g/mol. The molecular formula is C27H29BrClF3N6O4. The molecule has 1 saturated heterocycles. The van der Waals surface area contributed by atoms with E-state index in [1.165, 1.54) is 0 Å². The number of hydrogen-bond donors (Lipinski definition) is 1. The van der Waals surface area contributed by atoms with Gasteiger partial charge in [-0.05, 0) is 87.5 Å². The van der Waals surface area contributed by atoms with E-state index in [9.17, 15) is 27.6 Å². The summed E-state index contributed by atoms with van der Waals surface area (Å²) in [5, 5.41) is 6.58. The monoisotopic (exact) mass is 672 g/mol. The third kappa shape index (κ3) is 5.50. The van der Waals surface area contributed by atoms with Crippen LogP contribution in [-0.4, -0.2) is 54.8 Å². The normalized spacial score (nSPS) is 17.4. The number of amides is 2. The second-order valence-electron chi connectivity index (χ2n) is 11.7. The number of likely N-dealkylation sites (tertiary alicyclic amines) is 1. The minimum Gasteiger partial charge on any atom is -0.444 e. The fourth-order valence-electron chi connectivity index (χ4n) is 5.80. The first-order chi connectivity index (χ1) is 19.5. The zero-order chi connectivity index (χ0) is 30.8. The number of rotatable bonds is 3. The Bertz CT molecular complexity index is 1640. The third-order valence-corrected chi connectivity index (χ3v) is 8.48. The highest BCUT2D eigenvalue weighted by molar-refractivity contribution is 9.10. The van der Waals surface area contributed by atoms with Crippen LogP contribution in [0.1, 0.15) is 69.8 Å². The number of piperidine rings is 1. The van der Waals surface area contributed by atoms with E-state index < -0.39 is 40.8 Å². The van der Waals surface area contributed by atoms with Crippen LogP contribution in [0.4, 0.5) is 23.7 Å². The number of alkyl halides is 3. The number of benzene rings is 1. The van der Waals surface area contributed by atoms with Gasteiger partial charge in [0, 0.05) is 29.8 Å². The van der Waals surface area contributed by atoms with E-state index in [-0.39, 0.29) is 26.8 Å². The number of ether oxygens (including phenoxy) is 1. The summed E-state index contributed by atoms with van der Waals surface area (Å²) in [6, 6.07) is 1.75. The summed E-state index contributed by atoms with van der Waals surface area (Å²) in [5.41, 5.74) is -1.25. The molecular weight excluding hydrogens is 645 g/mol. The minimum absolute atomic E-state index is 0.0175. The molecule has 226 valence electrons. The first kappa shape index (κ1) is 30.3. The first-order valence-electron chi connectivity index (χ1n) is 13.4. The zero-order valence-corrected chi connectivity index (χ0v) is 25.7. The van der Waals surface area contributed by atoms with Crippen molar-refractivity contribution in [1.29, 1.82) is 0 Å². The molecule has 0 radical (unpaired) electrons. The molecule has 5 rings (SSSR count). The molecule has 1 atom stereocenters. The molecule has 2 aliphatic rings. The van der Waals surface area contributed by atoms with Gasteiger partial charge in [-0.15, -0.1) is 5.10 Å². The Morgan fingerprint density at radius 3 is 2.43 bits per heavy atom. The van der Waals surface area contributed by atoms with Crippen LogP contribution in [0.5, 0.6) is 0 Å². The number of aromatic nitrogens is 4. The molecule has 0 bridgehead atoms. The number of halogens is 5. The van der Waals surface area contributed by atoms with Gasteiger partial charge in [0.25, 0.3) is 5.56 Å². The molecule has 2 amide bonds. The lowest BCUT2D eigenvalue weighted by molar-refractivity contribution is -0.137. The van der Waals surface area contributed by atoms with Crippen LogP contribution in [-0.2, 0) is 27.5 Å². The quantitative estimate of drug-likeness (QED) is 0.380. The van der Waals surface area contributed by atoms with E-state index in [1.54, 1.807) is 37.2 Å². The molecule has 0 saturated carbocycles. The van der Waals surface area contributed by atoms with Gasteiger partial charge in [-0.2, -0.15) is 22.7 Å². The fraction of sp³-hybridized carbons (Fsp3) is 0.519. The van der Waals surface area contributed by atoms with E-state index in [0.29, 0.717) is 50.0 Å². The van der Waals surface area contributed by atoms with Crippen LogP contribution in [0.2, 0.25) is 5.02 Å². The SMILES string of the molecule is CC(C(=O)Nc1ccc(C(F)(F)F)cc1Cl)n1c2c(c(=O)n3nc(Br)nc13)C1(CC2)CCN(C(=O)OC(C)(C)C)CC1. The molecule has 1 aliphatic carbocycles. The summed E-state index contributed by atoms with van der Waals surface area (Å²) < 4.78 is 47.7. The fourth-order valence-corrected chi connectivity index (χ4v) is 6.35. The standard InChI is InChI=1S/C27H29BrClF3N6O4/c1-14(20(39)33-17-6-5-15(13-16(17)29)27(30,31)32)37-18-7-8-26(19(18)21(40)38-23(37)34-22(28)35-38)9-11-36(12-10-26)24(41)42-25(2,3)4/h5-6,13-14H,7-12H2,1-4H3,(H,33,39). The average Bonchev–Trinajstić information content (AvgIpc) is 3.45. The largest absolute Gasteiger partial charge is 0.444 e. The number of anilines is 1. The van der Waals surface area contributed by atoms with Crippen molar-refractivity contribution < 1.29 is 27.5 Å². The summed E-state index contributed by atoms with van der Waals surface area (Å²) >= 11 is 9.30. The van der Waals surface area contributed by atoms with Crippen molar-refractivity contribution in [3.8, 4) is 0 Å². The van der Waals surface area contributed by atoms with E-state index in [4.69, 9.17) is 16.3 Å². The molecule has 1 aliphatic heterocycles. The van der Waals surface area contributed by atoms with E-state index >= 15 is 0 Å². The topological polar surface area (TPSA) is 111 Å². The van der Waals surface area contributed by atoms with Gasteiger partial charge in [0.2, 0.25) is 16.4 Å². The molecule has 1 fully saturated rings. The summed E-state index contributed by atoms with van der Waals surface area (Å²) in [4.78, 5) is 45.9. The number of hydrogen-bond acceptors (Lipinski definition) is 6. The van der Waals surface area contributed by atoms with E-state index in [0.717, 1.165) is 22.7 Å². The van der Waals surface area contributed by atoms with Gasteiger partial charge in [0.15, 0.2) is 0 Å². The molecule has 2 aromatic heterocycles. The Morgan fingerprint density at radius 2 is 1.83 bits per heavy atom. The molecule has 15 heteroatoms. The Labute approximate surface area is 252 Å². The minimum atomic E-state index is -4.58. The van der Waals surface area contributed by atoms with Gasteiger partial charge in [-0.3, -0.25) is 9.59 Å². The number of carbonyl (C=O) groups is 2. The van der Waals surface area contributed by atoms with Crippen molar-refractivity contribution >= 4 is 51.0 Å². The molecule has 1 unspecified atom stereocenters. The van der Waals surface area contributed by atoms with Crippen molar-refractivity contribution in [2.45, 2.75) is 76.6 Å². The highest BCUT2D eigenvalue weighted by Gasteiger charge is 2.47. The highest BCUT2D eigenvalue weighted by atomic mass is 79.9. The summed E-state index contributed by atoms with van der Waals surface area (Å²) in [5.74, 6) is -0.417. The van der Waals surface area contributed by atoms with Crippen LogP contribution in [0, 0.1) is 0 Å². The molecule has 3 heterocycles. The molecule has 3 aromatic rings. The third-order valence-electron chi connectivity index (χ3n) is 7.83. The predicted octanol–water partition coefficient (Wildman–Crippen LogP) is 5.74. The molecule has 1 aromatic carbocycles. The maximum atomic E-state index is 13.8. The van der Waals surface area contributed by atoms with Gasteiger partial charge in [-0.1, -0.05) is 11.6 Å². The number of nitrogens with zero attached hydrogens (tertiary/aromatic N) is 5. The van der Waals surface area contributed by atoms with Gasteiger partial charge < -0.3 is 19.5 Å². The smallest absolute Gasteiger partial charge is 0.416 e. The van der Waals surface area contributed by atoms with Crippen LogP contribution in [0.25, 0.3) is 5.78 Å². The summed E-state index contributed by atoms with van der Waals surface area (Å²) in [7, 11) is 0. The number of nitrogens with one attached hydrogen (secondary N) is 1. The molecule has 1 spiro atoms. The van der Waals surface area contributed by atoms with Crippen molar-refractivity contribution in [1.82, 2.24) is 24.1 Å². The zero-order valence-electron chi connectivity index (χ0n) is 23.3. The highest BCUT2D eigenvalue weighted by Crippen LogP contribution is 2.46. The van der Waals surface area contributed by atoms with Crippen molar-refractivity contribution in [2.75, 3.05) is 18.4 Å². The maximum absolute atomic E-state index is 13.8. The lowest BCUT2D eigenvalue weighted by atomic mass is 9.74. The van der Waals surface area contributed by atoms with Crippen LogP contribution < -0.4 is 10.9 Å². The molecule has 42 heavy (non-hydrogen) atoms. The Hall–Kier alpha value is -3.13. The number of fused-ring (bicyclic) bond motifs is 3. The van der Waals surface area contributed by atoms with Gasteiger partial charge in [0.05, 0.1) is 16.3 Å². The summed E-state index contributed by atoms with van der Waals surface area (Å²) in [6.07, 6.45) is -2.82. The van der Waals surface area contributed by atoms with Crippen LogP contribution >= 0.6 is 27.5 Å². The molecule has 1 N–H and O–H groups in total. The molecule has 10 nitrogen and oxygen atoms in total. The summed E-state index contributed by atoms with van der Waals surface area (Å²) in [6.45, 7) is 7.81. The van der Waals surface area contributed by atoms with Crippen molar-refractivity contribution in [2.24, 2.45) is 0 Å². The lowest BCUT2D eigenvalue weighted by Gasteiger charge is -2.40. The first-order valence-corrected chi connectivity index (χ1v) is 14.5.